The molecule has 88 valence electrons. The van der Waals surface area contributed by atoms with Gasteiger partial charge in [-0.05, 0) is 12.3 Å². The van der Waals surface area contributed by atoms with Crippen molar-refractivity contribution in [1.82, 2.24) is 10.5 Å². The molecule has 1 aromatic rings. The maximum atomic E-state index is 11.5. The average Bonchev–Trinajstić information content (AvgIpc) is 2.68. The first kappa shape index (κ1) is 12.2. The smallest absolute Gasteiger partial charge is 0.326 e. The molecule has 0 aliphatic rings. The van der Waals surface area contributed by atoms with Crippen molar-refractivity contribution in [3.63, 3.8) is 0 Å². The number of carbonyl (C=O) groups is 2. The molecule has 0 bridgehead atoms. The normalized spacial score (nSPS) is 12.4. The van der Waals surface area contributed by atoms with Crippen LogP contribution in [0.15, 0.2) is 16.8 Å². The van der Waals surface area contributed by atoms with E-state index in [-0.39, 0.29) is 11.7 Å². The third-order valence-corrected chi connectivity index (χ3v) is 1.97. The Morgan fingerprint density at radius 1 is 1.56 bits per heavy atom. The van der Waals surface area contributed by atoms with Crippen molar-refractivity contribution in [3.05, 3.63) is 18.0 Å². The fraction of sp³-hybridized carbons (Fsp3) is 0.500. The summed E-state index contributed by atoms with van der Waals surface area (Å²) in [6.07, 6.45) is 1.70. The van der Waals surface area contributed by atoms with E-state index in [0.29, 0.717) is 6.42 Å². The minimum atomic E-state index is -1.05. The van der Waals surface area contributed by atoms with Crippen LogP contribution in [0.5, 0.6) is 0 Å². The molecule has 0 spiro atoms. The van der Waals surface area contributed by atoms with E-state index in [9.17, 15) is 9.59 Å². The van der Waals surface area contributed by atoms with Crippen LogP contribution in [-0.4, -0.2) is 28.2 Å². The van der Waals surface area contributed by atoms with E-state index in [4.69, 9.17) is 5.11 Å². The zero-order valence-corrected chi connectivity index (χ0v) is 9.14. The van der Waals surface area contributed by atoms with Gasteiger partial charge in [0.25, 0.3) is 5.91 Å². The van der Waals surface area contributed by atoms with Gasteiger partial charge in [-0.25, -0.2) is 4.79 Å². The van der Waals surface area contributed by atoms with Crippen LogP contribution in [0.2, 0.25) is 0 Å². The Kier molecular flexibility index (Phi) is 4.04. The summed E-state index contributed by atoms with van der Waals surface area (Å²) in [6.45, 7) is 3.77. The number of aliphatic carboxylic acids is 1. The van der Waals surface area contributed by atoms with Crippen LogP contribution >= 0.6 is 0 Å². The summed E-state index contributed by atoms with van der Waals surface area (Å²) < 4.78 is 4.63. The zero-order chi connectivity index (χ0) is 12.1. The predicted octanol–water partition coefficient (Wildman–Crippen LogP) is 0.904. The van der Waals surface area contributed by atoms with Gasteiger partial charge in [-0.1, -0.05) is 19.0 Å². The number of carboxylic acids is 1. The molecule has 1 heterocycles. The van der Waals surface area contributed by atoms with Crippen molar-refractivity contribution in [2.24, 2.45) is 5.92 Å². The standard InChI is InChI=1S/C10H14N2O4/c1-6(2)5-7(10(14)15)12-9(13)8-3-4-11-16-8/h3-4,6-7H,5H2,1-2H3,(H,12,13)(H,14,15). The second-order valence-corrected chi connectivity index (χ2v) is 3.87. The number of carbonyl (C=O) groups excluding carboxylic acids is 1. The molecule has 0 fully saturated rings. The lowest BCUT2D eigenvalue weighted by Gasteiger charge is -2.15. The molecule has 1 aromatic heterocycles. The summed E-state index contributed by atoms with van der Waals surface area (Å²) in [5.41, 5.74) is 0. The van der Waals surface area contributed by atoms with Gasteiger partial charge >= 0.3 is 5.97 Å². The first-order valence-corrected chi connectivity index (χ1v) is 4.95. The molecule has 0 aromatic carbocycles. The number of amides is 1. The summed E-state index contributed by atoms with van der Waals surface area (Å²) >= 11 is 0. The minimum Gasteiger partial charge on any atom is -0.480 e. The van der Waals surface area contributed by atoms with Crippen molar-refractivity contribution < 1.29 is 19.2 Å². The summed E-state index contributed by atoms with van der Waals surface area (Å²) in [5, 5.41) is 14.7. The molecule has 6 nitrogen and oxygen atoms in total. The first-order valence-electron chi connectivity index (χ1n) is 4.95. The average molecular weight is 226 g/mol. The van der Waals surface area contributed by atoms with Gasteiger partial charge in [0.2, 0.25) is 5.76 Å². The first-order chi connectivity index (χ1) is 7.50. The van der Waals surface area contributed by atoms with Gasteiger partial charge in [0.05, 0.1) is 6.20 Å². The lowest BCUT2D eigenvalue weighted by Crippen LogP contribution is -2.41. The van der Waals surface area contributed by atoms with Gasteiger partial charge in [-0.3, -0.25) is 4.79 Å². The Morgan fingerprint density at radius 3 is 2.69 bits per heavy atom. The molecular formula is C10H14N2O4. The SMILES string of the molecule is CC(C)CC(NC(=O)c1ccno1)C(=O)O. The van der Waals surface area contributed by atoms with Crippen LogP contribution in [0.1, 0.15) is 30.8 Å². The van der Waals surface area contributed by atoms with Gasteiger partial charge in [-0.15, -0.1) is 0 Å². The molecule has 2 N–H and O–H groups in total. The molecule has 0 saturated carbocycles. The Labute approximate surface area is 92.6 Å². The van der Waals surface area contributed by atoms with Crippen molar-refractivity contribution in [1.29, 1.82) is 0 Å². The summed E-state index contributed by atoms with van der Waals surface area (Å²) in [7, 11) is 0. The second kappa shape index (κ2) is 5.29. The maximum Gasteiger partial charge on any atom is 0.326 e. The highest BCUT2D eigenvalue weighted by Crippen LogP contribution is 2.06. The van der Waals surface area contributed by atoms with E-state index in [0.717, 1.165) is 0 Å². The topological polar surface area (TPSA) is 92.4 Å². The third-order valence-electron chi connectivity index (χ3n) is 1.97. The number of nitrogens with zero attached hydrogens (tertiary/aromatic N) is 1. The van der Waals surface area contributed by atoms with Gasteiger partial charge < -0.3 is 14.9 Å². The van der Waals surface area contributed by atoms with Gasteiger partial charge in [-0.2, -0.15) is 0 Å². The Bertz CT molecular complexity index is 359. The highest BCUT2D eigenvalue weighted by Gasteiger charge is 2.22. The number of carboxylic acid groups (broad SMARTS) is 1. The zero-order valence-electron chi connectivity index (χ0n) is 9.14. The van der Waals surface area contributed by atoms with Crippen molar-refractivity contribution in [2.75, 3.05) is 0 Å². The molecule has 0 saturated heterocycles. The fourth-order valence-electron chi connectivity index (χ4n) is 1.26. The highest BCUT2D eigenvalue weighted by molar-refractivity contribution is 5.94. The molecule has 1 amide bonds. The second-order valence-electron chi connectivity index (χ2n) is 3.87. The van der Waals surface area contributed by atoms with Crippen LogP contribution in [0.3, 0.4) is 0 Å². The van der Waals surface area contributed by atoms with Crippen LogP contribution in [0, 0.1) is 5.92 Å². The van der Waals surface area contributed by atoms with Gasteiger partial charge in [0.15, 0.2) is 0 Å². The fourth-order valence-corrected chi connectivity index (χ4v) is 1.26. The molecule has 0 aliphatic carbocycles. The van der Waals surface area contributed by atoms with E-state index in [1.807, 2.05) is 13.8 Å². The number of nitrogens with one attached hydrogen (secondary N) is 1. The monoisotopic (exact) mass is 226 g/mol. The lowest BCUT2D eigenvalue weighted by atomic mass is 10.0. The van der Waals surface area contributed by atoms with E-state index in [1.54, 1.807) is 0 Å². The highest BCUT2D eigenvalue weighted by atomic mass is 16.5. The van der Waals surface area contributed by atoms with Crippen molar-refractivity contribution >= 4 is 11.9 Å². The number of rotatable bonds is 5. The van der Waals surface area contributed by atoms with Crippen LogP contribution in [0.4, 0.5) is 0 Å². The maximum absolute atomic E-state index is 11.5. The Hall–Kier alpha value is -1.85. The van der Waals surface area contributed by atoms with E-state index in [1.165, 1.54) is 12.3 Å². The molecular weight excluding hydrogens is 212 g/mol. The quantitative estimate of drug-likeness (QED) is 0.778. The molecule has 0 radical (unpaired) electrons. The largest absolute Gasteiger partial charge is 0.480 e. The van der Waals surface area contributed by atoms with E-state index in [2.05, 4.69) is 15.0 Å². The molecule has 1 atom stereocenters. The predicted molar refractivity (Wildman–Crippen MR) is 54.8 cm³/mol. The molecule has 16 heavy (non-hydrogen) atoms. The summed E-state index contributed by atoms with van der Waals surface area (Å²) in [4.78, 5) is 22.4. The van der Waals surface area contributed by atoms with Gasteiger partial charge in [0.1, 0.15) is 6.04 Å². The number of aromatic nitrogens is 1. The minimum absolute atomic E-state index is 0.00926. The van der Waals surface area contributed by atoms with Crippen LogP contribution in [-0.2, 0) is 4.79 Å². The Morgan fingerprint density at radius 2 is 2.25 bits per heavy atom. The molecule has 1 rings (SSSR count). The van der Waals surface area contributed by atoms with E-state index >= 15 is 0 Å². The van der Waals surface area contributed by atoms with Crippen molar-refractivity contribution in [3.8, 4) is 0 Å². The number of hydrogen-bond donors (Lipinski definition) is 2. The van der Waals surface area contributed by atoms with Crippen LogP contribution in [0.25, 0.3) is 0 Å². The lowest BCUT2D eigenvalue weighted by molar-refractivity contribution is -0.139. The third kappa shape index (κ3) is 3.38. The number of hydrogen-bond acceptors (Lipinski definition) is 4. The van der Waals surface area contributed by atoms with Crippen molar-refractivity contribution in [2.45, 2.75) is 26.3 Å². The summed E-state index contributed by atoms with van der Waals surface area (Å²) in [5.74, 6) is -1.43. The van der Waals surface area contributed by atoms with Gasteiger partial charge in [0, 0.05) is 6.07 Å². The molecule has 0 aliphatic heterocycles. The molecule has 1 unspecified atom stereocenters. The van der Waals surface area contributed by atoms with E-state index < -0.39 is 17.9 Å². The Balaban J connectivity index is 2.62. The molecule has 6 heteroatoms. The van der Waals surface area contributed by atoms with Crippen LogP contribution < -0.4 is 5.32 Å². The summed E-state index contributed by atoms with van der Waals surface area (Å²) in [6, 6.07) is 0.474.